The zero-order chi connectivity index (χ0) is 16.5. The lowest BCUT2D eigenvalue weighted by molar-refractivity contribution is 1.23. The first-order valence-electron chi connectivity index (χ1n) is 7.54. The van der Waals surface area contributed by atoms with Crippen LogP contribution in [-0.4, -0.2) is 9.97 Å². The molecule has 0 unspecified atom stereocenters. The Morgan fingerprint density at radius 3 is 2.40 bits per heavy atom. The molecule has 0 saturated heterocycles. The maximum absolute atomic E-state index is 4.50. The van der Waals surface area contributed by atoms with Crippen LogP contribution in [0.2, 0.25) is 0 Å². The molecule has 0 atom stereocenters. The van der Waals surface area contributed by atoms with E-state index >= 15 is 0 Å². The van der Waals surface area contributed by atoms with E-state index in [-0.39, 0.29) is 12.4 Å². The van der Waals surface area contributed by atoms with Gasteiger partial charge < -0.3 is 5.32 Å². The summed E-state index contributed by atoms with van der Waals surface area (Å²) >= 11 is 5.17. The van der Waals surface area contributed by atoms with E-state index in [0.717, 1.165) is 26.2 Å². The minimum Gasteiger partial charge on any atom is -0.340 e. The van der Waals surface area contributed by atoms with E-state index in [2.05, 4.69) is 62.4 Å². The summed E-state index contributed by atoms with van der Waals surface area (Å²) in [5.41, 5.74) is 3.40. The molecule has 1 N–H and O–H groups in total. The van der Waals surface area contributed by atoms with Crippen LogP contribution in [0.1, 0.15) is 4.88 Å². The maximum Gasteiger partial charge on any atom is 0.143 e. The van der Waals surface area contributed by atoms with E-state index in [1.165, 1.54) is 16.0 Å². The van der Waals surface area contributed by atoms with Gasteiger partial charge in [0.15, 0.2) is 0 Å². The number of nitrogens with one attached hydrogen (secondary N) is 1. The van der Waals surface area contributed by atoms with Gasteiger partial charge in [-0.15, -0.1) is 23.7 Å². The van der Waals surface area contributed by atoms with Gasteiger partial charge in [0.2, 0.25) is 0 Å². The van der Waals surface area contributed by atoms with Crippen LogP contribution in [-0.2, 0) is 0 Å². The largest absolute Gasteiger partial charge is 0.340 e. The van der Waals surface area contributed by atoms with Crippen molar-refractivity contribution >= 4 is 61.4 Å². The summed E-state index contributed by atoms with van der Waals surface area (Å²) in [5, 5.41) is 4.51. The first-order valence-corrected chi connectivity index (χ1v) is 9.15. The number of benzene rings is 2. The van der Waals surface area contributed by atoms with Gasteiger partial charge in [-0.2, -0.15) is 0 Å². The van der Waals surface area contributed by atoms with Crippen molar-refractivity contribution in [1.82, 2.24) is 9.97 Å². The first-order chi connectivity index (χ1) is 11.7. The van der Waals surface area contributed by atoms with Crippen molar-refractivity contribution in [3.63, 3.8) is 0 Å². The lowest BCUT2D eigenvalue weighted by Gasteiger charge is -2.09. The Kier molecular flexibility index (Phi) is 5.37. The van der Waals surface area contributed by atoms with E-state index in [1.807, 2.05) is 30.3 Å². The molecule has 126 valence electrons. The minimum absolute atomic E-state index is 0. The number of hydrogen-bond acceptors (Lipinski definition) is 4. The summed E-state index contributed by atoms with van der Waals surface area (Å²) in [7, 11) is 0. The predicted octanol–water partition coefficient (Wildman–Crippen LogP) is 6.59. The topological polar surface area (TPSA) is 37.8 Å². The molecule has 2 aromatic carbocycles. The van der Waals surface area contributed by atoms with Gasteiger partial charge in [0.05, 0.1) is 5.39 Å². The van der Waals surface area contributed by atoms with Crippen LogP contribution in [0, 0.1) is 6.92 Å². The predicted molar refractivity (Wildman–Crippen MR) is 112 cm³/mol. The van der Waals surface area contributed by atoms with E-state index < -0.39 is 0 Å². The fourth-order valence-corrected chi connectivity index (χ4v) is 4.04. The molecule has 0 aliphatic carbocycles. The molecule has 0 radical (unpaired) electrons. The lowest BCUT2D eigenvalue weighted by Crippen LogP contribution is -1.95. The van der Waals surface area contributed by atoms with Crippen LogP contribution in [0.25, 0.3) is 21.3 Å². The van der Waals surface area contributed by atoms with Gasteiger partial charge in [0, 0.05) is 20.6 Å². The molecule has 3 nitrogen and oxygen atoms in total. The van der Waals surface area contributed by atoms with Crippen molar-refractivity contribution in [3.05, 3.63) is 70.3 Å². The van der Waals surface area contributed by atoms with Crippen molar-refractivity contribution in [2.45, 2.75) is 6.92 Å². The summed E-state index contributed by atoms with van der Waals surface area (Å²) in [6.45, 7) is 2.14. The molecule has 2 aromatic heterocycles. The number of hydrogen-bond donors (Lipinski definition) is 1. The molecule has 4 aromatic rings. The second-order valence-corrected chi connectivity index (χ2v) is 7.55. The second-order valence-electron chi connectivity index (χ2n) is 5.43. The molecule has 0 spiro atoms. The standard InChI is InChI=1S/C19H14BrN3S.ClH/c1-12-16(13-5-3-2-4-6-13)17-18(21-11-22-19(17)24-12)23-15-9-7-14(20)8-10-15;/h2-11H,1H3,(H,21,22,23);1H. The van der Waals surface area contributed by atoms with Crippen LogP contribution in [0.4, 0.5) is 11.5 Å². The first kappa shape index (κ1) is 17.9. The number of nitrogens with zero attached hydrogens (tertiary/aromatic N) is 2. The quantitative estimate of drug-likeness (QED) is 0.396. The second kappa shape index (κ2) is 7.52. The molecule has 0 fully saturated rings. The van der Waals surface area contributed by atoms with Gasteiger partial charge >= 0.3 is 0 Å². The molecular weight excluding hydrogens is 418 g/mol. The third kappa shape index (κ3) is 3.54. The van der Waals surface area contributed by atoms with Gasteiger partial charge in [-0.25, -0.2) is 9.97 Å². The van der Waals surface area contributed by atoms with Crippen LogP contribution in [0.15, 0.2) is 65.4 Å². The highest BCUT2D eigenvalue weighted by atomic mass is 79.9. The van der Waals surface area contributed by atoms with Crippen molar-refractivity contribution in [1.29, 1.82) is 0 Å². The minimum atomic E-state index is 0. The number of thiophene rings is 1. The highest BCUT2D eigenvalue weighted by Crippen LogP contribution is 2.40. The van der Waals surface area contributed by atoms with Crippen molar-refractivity contribution < 1.29 is 0 Å². The van der Waals surface area contributed by atoms with Gasteiger partial charge in [-0.3, -0.25) is 0 Å². The number of fused-ring (bicyclic) bond motifs is 1. The van der Waals surface area contributed by atoms with Gasteiger partial charge in [0.25, 0.3) is 0 Å². The summed E-state index contributed by atoms with van der Waals surface area (Å²) in [4.78, 5) is 11.2. The summed E-state index contributed by atoms with van der Waals surface area (Å²) in [6, 6.07) is 18.5. The Balaban J connectivity index is 0.00000182. The molecule has 6 heteroatoms. The average molecular weight is 433 g/mol. The van der Waals surface area contributed by atoms with Crippen LogP contribution >= 0.6 is 39.7 Å². The normalized spacial score (nSPS) is 10.5. The number of anilines is 2. The fourth-order valence-electron chi connectivity index (χ4n) is 2.76. The SMILES string of the molecule is Cc1sc2ncnc(Nc3ccc(Br)cc3)c2c1-c1ccccc1.Cl. The third-order valence-corrected chi connectivity index (χ3v) is 5.38. The van der Waals surface area contributed by atoms with E-state index in [4.69, 9.17) is 0 Å². The van der Waals surface area contributed by atoms with Gasteiger partial charge in [0.1, 0.15) is 17.0 Å². The number of aryl methyl sites for hydroxylation is 1. The molecule has 0 saturated carbocycles. The summed E-state index contributed by atoms with van der Waals surface area (Å²) < 4.78 is 1.05. The third-order valence-electron chi connectivity index (χ3n) is 3.83. The Hall–Kier alpha value is -1.95. The zero-order valence-electron chi connectivity index (χ0n) is 13.4. The van der Waals surface area contributed by atoms with Crippen molar-refractivity contribution in [2.75, 3.05) is 5.32 Å². The van der Waals surface area contributed by atoms with Crippen LogP contribution in [0.5, 0.6) is 0 Å². The van der Waals surface area contributed by atoms with Crippen molar-refractivity contribution in [2.24, 2.45) is 0 Å². The molecule has 0 bridgehead atoms. The van der Waals surface area contributed by atoms with Crippen LogP contribution in [0.3, 0.4) is 0 Å². The summed E-state index contributed by atoms with van der Waals surface area (Å²) in [6.07, 6.45) is 1.62. The molecule has 4 rings (SSSR count). The monoisotopic (exact) mass is 431 g/mol. The Labute approximate surface area is 164 Å². The van der Waals surface area contributed by atoms with Gasteiger partial charge in [-0.05, 0) is 36.8 Å². The van der Waals surface area contributed by atoms with Crippen molar-refractivity contribution in [3.8, 4) is 11.1 Å². The van der Waals surface area contributed by atoms with E-state index in [0.29, 0.717) is 0 Å². The highest BCUT2D eigenvalue weighted by molar-refractivity contribution is 9.10. The summed E-state index contributed by atoms with van der Waals surface area (Å²) in [5.74, 6) is 0.838. The number of halogens is 2. The molecule has 0 aliphatic heterocycles. The Morgan fingerprint density at radius 2 is 1.68 bits per heavy atom. The fraction of sp³-hybridized carbons (Fsp3) is 0.0526. The maximum atomic E-state index is 4.50. The van der Waals surface area contributed by atoms with Crippen LogP contribution < -0.4 is 5.32 Å². The zero-order valence-corrected chi connectivity index (χ0v) is 16.6. The molecule has 0 amide bonds. The Bertz CT molecular complexity index is 1000. The Morgan fingerprint density at radius 1 is 0.960 bits per heavy atom. The lowest BCUT2D eigenvalue weighted by atomic mass is 10.0. The number of aromatic nitrogens is 2. The average Bonchev–Trinajstić information content (AvgIpc) is 2.94. The molecule has 2 heterocycles. The molecule has 0 aliphatic rings. The van der Waals surface area contributed by atoms with E-state index in [1.54, 1.807) is 17.7 Å². The number of rotatable bonds is 3. The highest BCUT2D eigenvalue weighted by Gasteiger charge is 2.16. The van der Waals surface area contributed by atoms with Gasteiger partial charge in [-0.1, -0.05) is 46.3 Å². The smallest absolute Gasteiger partial charge is 0.143 e. The van der Waals surface area contributed by atoms with E-state index in [9.17, 15) is 0 Å². The molecular formula is C19H15BrClN3S. The molecule has 25 heavy (non-hydrogen) atoms.